The summed E-state index contributed by atoms with van der Waals surface area (Å²) in [6.45, 7) is 6.40. The van der Waals surface area contributed by atoms with Gasteiger partial charge in [0.2, 0.25) is 0 Å². The van der Waals surface area contributed by atoms with E-state index in [-0.39, 0.29) is 18.0 Å². The molecule has 2 atom stereocenters. The minimum absolute atomic E-state index is 0.0299. The predicted molar refractivity (Wildman–Crippen MR) is 44.7 cm³/mol. The van der Waals surface area contributed by atoms with E-state index < -0.39 is 0 Å². The fourth-order valence-corrected chi connectivity index (χ4v) is 1.20. The third-order valence-electron chi connectivity index (χ3n) is 1.84. The summed E-state index contributed by atoms with van der Waals surface area (Å²) in [6.07, 6.45) is 2.41. The number of rotatable bonds is 4. The average molecular weight is 170 g/mol. The zero-order valence-electron chi connectivity index (χ0n) is 7.29. The molecule has 0 aromatic rings. The van der Waals surface area contributed by atoms with E-state index in [9.17, 15) is 4.79 Å². The van der Waals surface area contributed by atoms with Gasteiger partial charge in [-0.2, -0.15) is 0 Å². The summed E-state index contributed by atoms with van der Waals surface area (Å²) in [7, 11) is 0. The smallest absolute Gasteiger partial charge is 0.309 e. The molecule has 12 heavy (non-hydrogen) atoms. The van der Waals surface area contributed by atoms with Crippen molar-refractivity contribution in [3.63, 3.8) is 0 Å². The minimum Gasteiger partial charge on any atom is -0.460 e. The van der Waals surface area contributed by atoms with Gasteiger partial charge in [-0.15, -0.1) is 6.58 Å². The van der Waals surface area contributed by atoms with Gasteiger partial charge in [-0.3, -0.25) is 4.79 Å². The van der Waals surface area contributed by atoms with E-state index in [1.807, 2.05) is 6.92 Å². The molecule has 0 spiro atoms. The maximum Gasteiger partial charge on any atom is 0.309 e. The highest BCUT2D eigenvalue weighted by molar-refractivity contribution is 5.74. The van der Waals surface area contributed by atoms with Crippen LogP contribution in [-0.4, -0.2) is 25.3 Å². The molecule has 1 aliphatic rings. The van der Waals surface area contributed by atoms with Gasteiger partial charge in [0.25, 0.3) is 0 Å². The molecule has 0 aromatic heterocycles. The lowest BCUT2D eigenvalue weighted by molar-refractivity contribution is -0.145. The summed E-state index contributed by atoms with van der Waals surface area (Å²) in [4.78, 5) is 10.9. The Bertz CT molecular complexity index is 177. The van der Waals surface area contributed by atoms with Crippen LogP contribution in [0.15, 0.2) is 12.7 Å². The fourth-order valence-electron chi connectivity index (χ4n) is 1.20. The second-order valence-electron chi connectivity index (χ2n) is 3.02. The Morgan fingerprint density at radius 1 is 1.83 bits per heavy atom. The molecule has 0 amide bonds. The van der Waals surface area contributed by atoms with Crippen molar-refractivity contribution in [3.05, 3.63) is 12.7 Å². The molecule has 1 saturated heterocycles. The van der Waals surface area contributed by atoms with Gasteiger partial charge in [0, 0.05) is 0 Å². The quantitative estimate of drug-likeness (QED) is 0.360. The van der Waals surface area contributed by atoms with Crippen LogP contribution in [0.4, 0.5) is 0 Å². The lowest BCUT2D eigenvalue weighted by Gasteiger charge is -2.07. The Labute approximate surface area is 72.4 Å². The van der Waals surface area contributed by atoms with E-state index in [4.69, 9.17) is 9.47 Å². The Morgan fingerprint density at radius 2 is 2.58 bits per heavy atom. The zero-order valence-corrected chi connectivity index (χ0v) is 7.29. The van der Waals surface area contributed by atoms with Gasteiger partial charge in [0.15, 0.2) is 0 Å². The summed E-state index contributed by atoms with van der Waals surface area (Å²) >= 11 is 0. The van der Waals surface area contributed by atoms with E-state index in [1.165, 1.54) is 0 Å². The van der Waals surface area contributed by atoms with Crippen molar-refractivity contribution in [1.82, 2.24) is 0 Å². The van der Waals surface area contributed by atoms with Crippen LogP contribution >= 0.6 is 0 Å². The van der Waals surface area contributed by atoms with Crippen molar-refractivity contribution in [1.29, 1.82) is 0 Å². The highest BCUT2D eigenvalue weighted by Gasteiger charge is 2.30. The third kappa shape index (κ3) is 2.34. The maximum absolute atomic E-state index is 10.9. The van der Waals surface area contributed by atoms with E-state index in [1.54, 1.807) is 6.08 Å². The third-order valence-corrected chi connectivity index (χ3v) is 1.84. The number of hydrogen-bond donors (Lipinski definition) is 0. The van der Waals surface area contributed by atoms with Crippen molar-refractivity contribution in [2.75, 3.05) is 13.2 Å². The van der Waals surface area contributed by atoms with E-state index in [0.29, 0.717) is 13.2 Å². The van der Waals surface area contributed by atoms with Crippen LogP contribution in [-0.2, 0) is 14.3 Å². The Morgan fingerprint density at radius 3 is 3.08 bits per heavy atom. The SMILES string of the molecule is C=CCOCC1CC(C)C(=O)O1. The standard InChI is InChI=1S/C9H14O3/c1-3-4-11-6-8-5-7(2)9(10)12-8/h3,7-8H,1,4-6H2,2H3. The molecule has 0 bridgehead atoms. The molecule has 0 radical (unpaired) electrons. The van der Waals surface area contributed by atoms with Crippen molar-refractivity contribution >= 4 is 5.97 Å². The largest absolute Gasteiger partial charge is 0.460 e. The summed E-state index contributed by atoms with van der Waals surface area (Å²) < 4.78 is 10.2. The molecule has 3 heteroatoms. The van der Waals surface area contributed by atoms with E-state index >= 15 is 0 Å². The normalized spacial score (nSPS) is 28.6. The number of carbonyl (C=O) groups excluding carboxylic acids is 1. The highest BCUT2D eigenvalue weighted by atomic mass is 16.6. The van der Waals surface area contributed by atoms with E-state index in [2.05, 4.69) is 6.58 Å². The molecule has 0 N–H and O–H groups in total. The van der Waals surface area contributed by atoms with Crippen LogP contribution in [0, 0.1) is 5.92 Å². The average Bonchev–Trinajstić information content (AvgIpc) is 2.32. The van der Waals surface area contributed by atoms with Crippen LogP contribution in [0.2, 0.25) is 0 Å². The molecule has 1 aliphatic heterocycles. The molecule has 3 nitrogen and oxygen atoms in total. The van der Waals surface area contributed by atoms with Gasteiger partial charge in [0.05, 0.1) is 19.1 Å². The number of carbonyl (C=O) groups is 1. The Hall–Kier alpha value is -0.830. The second-order valence-corrected chi connectivity index (χ2v) is 3.02. The van der Waals surface area contributed by atoms with Crippen LogP contribution in [0.5, 0.6) is 0 Å². The Kier molecular flexibility index (Phi) is 3.29. The maximum atomic E-state index is 10.9. The molecule has 0 aliphatic carbocycles. The van der Waals surface area contributed by atoms with Crippen molar-refractivity contribution < 1.29 is 14.3 Å². The topological polar surface area (TPSA) is 35.5 Å². The minimum atomic E-state index is -0.109. The summed E-state index contributed by atoms with van der Waals surface area (Å²) in [5, 5.41) is 0. The lowest BCUT2D eigenvalue weighted by atomic mass is 10.1. The highest BCUT2D eigenvalue weighted by Crippen LogP contribution is 2.20. The van der Waals surface area contributed by atoms with Crippen molar-refractivity contribution in [3.8, 4) is 0 Å². The molecule has 1 rings (SSSR count). The van der Waals surface area contributed by atoms with Crippen LogP contribution in [0.25, 0.3) is 0 Å². The van der Waals surface area contributed by atoms with Gasteiger partial charge in [0.1, 0.15) is 6.10 Å². The van der Waals surface area contributed by atoms with Gasteiger partial charge in [-0.25, -0.2) is 0 Å². The first-order chi connectivity index (χ1) is 5.74. The Balaban J connectivity index is 2.18. The molecule has 1 heterocycles. The first kappa shape index (κ1) is 9.26. The molecule has 2 unspecified atom stereocenters. The first-order valence-corrected chi connectivity index (χ1v) is 4.13. The second kappa shape index (κ2) is 4.26. The molecule has 0 saturated carbocycles. The number of esters is 1. The predicted octanol–water partition coefficient (Wildman–Crippen LogP) is 1.14. The number of ether oxygens (including phenoxy) is 2. The van der Waals surface area contributed by atoms with Crippen LogP contribution in [0.1, 0.15) is 13.3 Å². The molecule has 0 aromatic carbocycles. The number of hydrogen-bond acceptors (Lipinski definition) is 3. The van der Waals surface area contributed by atoms with Crippen molar-refractivity contribution in [2.24, 2.45) is 5.92 Å². The van der Waals surface area contributed by atoms with Gasteiger partial charge in [-0.1, -0.05) is 13.0 Å². The summed E-state index contributed by atoms with van der Waals surface area (Å²) in [5.41, 5.74) is 0. The van der Waals surface area contributed by atoms with Gasteiger partial charge in [-0.05, 0) is 6.42 Å². The lowest BCUT2D eigenvalue weighted by Crippen LogP contribution is -2.14. The zero-order chi connectivity index (χ0) is 8.97. The van der Waals surface area contributed by atoms with Crippen molar-refractivity contribution in [2.45, 2.75) is 19.4 Å². The molecule has 1 fully saturated rings. The van der Waals surface area contributed by atoms with Gasteiger partial charge >= 0.3 is 5.97 Å². The number of cyclic esters (lactones) is 1. The van der Waals surface area contributed by atoms with Gasteiger partial charge < -0.3 is 9.47 Å². The molecular weight excluding hydrogens is 156 g/mol. The van der Waals surface area contributed by atoms with E-state index in [0.717, 1.165) is 6.42 Å². The fraction of sp³-hybridized carbons (Fsp3) is 0.667. The monoisotopic (exact) mass is 170 g/mol. The summed E-state index contributed by atoms with van der Waals surface area (Å²) in [5.74, 6) is -0.0791. The molecular formula is C9H14O3. The summed E-state index contributed by atoms with van der Waals surface area (Å²) in [6, 6.07) is 0. The first-order valence-electron chi connectivity index (χ1n) is 4.13. The van der Waals surface area contributed by atoms with Crippen LogP contribution in [0.3, 0.4) is 0 Å². The van der Waals surface area contributed by atoms with Crippen LogP contribution < -0.4 is 0 Å². The molecule has 68 valence electrons.